The highest BCUT2D eigenvalue weighted by atomic mass is 19.1. The summed E-state index contributed by atoms with van der Waals surface area (Å²) in [5.74, 6) is 1.06. The summed E-state index contributed by atoms with van der Waals surface area (Å²) in [5, 5.41) is 3.09. The van der Waals surface area contributed by atoms with Crippen LogP contribution in [0.5, 0.6) is 0 Å². The van der Waals surface area contributed by atoms with E-state index in [1.165, 1.54) is 17.7 Å². The molecule has 0 saturated carbocycles. The number of aryl methyl sites for hydroxylation is 1. The Labute approximate surface area is 176 Å². The van der Waals surface area contributed by atoms with E-state index >= 15 is 0 Å². The van der Waals surface area contributed by atoms with Crippen molar-refractivity contribution in [2.24, 2.45) is 5.92 Å². The molecule has 2 aromatic carbocycles. The van der Waals surface area contributed by atoms with E-state index in [0.29, 0.717) is 18.9 Å². The lowest BCUT2D eigenvalue weighted by molar-refractivity contribution is -0.125. The van der Waals surface area contributed by atoms with E-state index < -0.39 is 0 Å². The van der Waals surface area contributed by atoms with E-state index in [1.807, 2.05) is 24.3 Å². The fourth-order valence-corrected chi connectivity index (χ4v) is 3.80. The van der Waals surface area contributed by atoms with Crippen LogP contribution in [0.15, 0.2) is 60.8 Å². The molecule has 0 radical (unpaired) electrons. The average molecular weight is 404 g/mol. The van der Waals surface area contributed by atoms with Gasteiger partial charge in [0.2, 0.25) is 5.91 Å². The minimum atomic E-state index is -0.287. The van der Waals surface area contributed by atoms with Gasteiger partial charge in [-0.3, -0.25) is 4.79 Å². The van der Waals surface area contributed by atoms with Gasteiger partial charge in [-0.05, 0) is 61.2 Å². The number of halogens is 1. The minimum absolute atomic E-state index is 0.0768. The standard InChI is InChI=1S/C24H25FN4O/c1-17-5-2-3-6-19(17)15-27-24(30)20-7-4-14-29(16-20)22-12-13-26-23(28-22)18-8-10-21(25)11-9-18/h2-3,5-6,8-13,20H,4,7,14-16H2,1H3,(H,27,30). The Bertz CT molecular complexity index is 1020. The fourth-order valence-electron chi connectivity index (χ4n) is 3.80. The lowest BCUT2D eigenvalue weighted by atomic mass is 9.97. The van der Waals surface area contributed by atoms with E-state index in [0.717, 1.165) is 36.3 Å². The van der Waals surface area contributed by atoms with Crippen molar-refractivity contribution in [3.63, 3.8) is 0 Å². The van der Waals surface area contributed by atoms with Crippen LogP contribution in [0.3, 0.4) is 0 Å². The van der Waals surface area contributed by atoms with Crippen LogP contribution < -0.4 is 10.2 Å². The number of hydrogen-bond acceptors (Lipinski definition) is 4. The van der Waals surface area contributed by atoms with Crippen molar-refractivity contribution < 1.29 is 9.18 Å². The Hall–Kier alpha value is -3.28. The maximum absolute atomic E-state index is 13.2. The molecule has 0 aliphatic carbocycles. The van der Waals surface area contributed by atoms with Gasteiger partial charge < -0.3 is 10.2 Å². The van der Waals surface area contributed by atoms with Crippen molar-refractivity contribution in [2.75, 3.05) is 18.0 Å². The molecule has 1 aromatic heterocycles. The number of rotatable bonds is 5. The van der Waals surface area contributed by atoms with Gasteiger partial charge in [0.05, 0.1) is 5.92 Å². The number of piperidine rings is 1. The second-order valence-electron chi connectivity index (χ2n) is 7.67. The van der Waals surface area contributed by atoms with Crippen molar-refractivity contribution in [3.8, 4) is 11.4 Å². The van der Waals surface area contributed by atoms with Gasteiger partial charge in [0.15, 0.2) is 5.82 Å². The number of hydrogen-bond donors (Lipinski definition) is 1. The normalized spacial score (nSPS) is 16.3. The number of benzene rings is 2. The third-order valence-corrected chi connectivity index (χ3v) is 5.57. The molecule has 154 valence electrons. The molecule has 0 spiro atoms. The van der Waals surface area contributed by atoms with Crippen molar-refractivity contribution >= 4 is 11.7 Å². The topological polar surface area (TPSA) is 58.1 Å². The molecule has 30 heavy (non-hydrogen) atoms. The molecule has 3 aromatic rings. The molecule has 0 bridgehead atoms. The zero-order valence-corrected chi connectivity index (χ0v) is 17.0. The zero-order valence-electron chi connectivity index (χ0n) is 17.0. The molecule has 1 unspecified atom stereocenters. The van der Waals surface area contributed by atoms with Gasteiger partial charge in [-0.1, -0.05) is 24.3 Å². The van der Waals surface area contributed by atoms with Crippen molar-refractivity contribution in [1.82, 2.24) is 15.3 Å². The van der Waals surface area contributed by atoms with Crippen LogP contribution in [-0.2, 0) is 11.3 Å². The summed E-state index contributed by atoms with van der Waals surface area (Å²) in [6.07, 6.45) is 3.51. The molecule has 1 fully saturated rings. The van der Waals surface area contributed by atoms with Crippen LogP contribution in [0.25, 0.3) is 11.4 Å². The Kier molecular flexibility index (Phi) is 6.02. The SMILES string of the molecule is Cc1ccccc1CNC(=O)C1CCCN(c2ccnc(-c3ccc(F)cc3)n2)C1. The molecular formula is C24H25FN4O. The summed E-state index contributed by atoms with van der Waals surface area (Å²) >= 11 is 0. The molecule has 1 atom stereocenters. The van der Waals surface area contributed by atoms with Gasteiger partial charge in [-0.25, -0.2) is 14.4 Å². The van der Waals surface area contributed by atoms with Crippen LogP contribution in [-0.4, -0.2) is 29.0 Å². The summed E-state index contributed by atoms with van der Waals surface area (Å²) in [6.45, 7) is 4.07. The molecule has 1 N–H and O–H groups in total. The number of carbonyl (C=O) groups excluding carboxylic acids is 1. The van der Waals surface area contributed by atoms with Crippen molar-refractivity contribution in [2.45, 2.75) is 26.3 Å². The number of amides is 1. The number of carbonyl (C=O) groups is 1. The van der Waals surface area contributed by atoms with Crippen molar-refractivity contribution in [1.29, 1.82) is 0 Å². The third kappa shape index (κ3) is 4.64. The zero-order chi connectivity index (χ0) is 20.9. The van der Waals surface area contributed by atoms with E-state index in [4.69, 9.17) is 0 Å². The lowest BCUT2D eigenvalue weighted by Gasteiger charge is -2.33. The van der Waals surface area contributed by atoms with Crippen LogP contribution in [0.4, 0.5) is 10.2 Å². The molecule has 1 aliphatic heterocycles. The first kappa shape index (κ1) is 20.0. The molecule has 4 rings (SSSR count). The maximum atomic E-state index is 13.2. The molecule has 1 aliphatic rings. The average Bonchev–Trinajstić information content (AvgIpc) is 2.79. The predicted molar refractivity (Wildman–Crippen MR) is 115 cm³/mol. The Morgan fingerprint density at radius 1 is 1.17 bits per heavy atom. The highest BCUT2D eigenvalue weighted by Crippen LogP contribution is 2.24. The van der Waals surface area contributed by atoms with Crippen LogP contribution in [0.1, 0.15) is 24.0 Å². The Balaban J connectivity index is 1.42. The first-order chi connectivity index (χ1) is 14.6. The number of aromatic nitrogens is 2. The first-order valence-corrected chi connectivity index (χ1v) is 10.3. The van der Waals surface area contributed by atoms with E-state index in [2.05, 4.69) is 33.2 Å². The highest BCUT2D eigenvalue weighted by Gasteiger charge is 2.26. The number of anilines is 1. The summed E-state index contributed by atoms with van der Waals surface area (Å²) in [4.78, 5) is 23.9. The van der Waals surface area contributed by atoms with Gasteiger partial charge in [0.25, 0.3) is 0 Å². The largest absolute Gasteiger partial charge is 0.356 e. The smallest absolute Gasteiger partial charge is 0.225 e. The van der Waals surface area contributed by atoms with Crippen LogP contribution in [0, 0.1) is 18.7 Å². The van der Waals surface area contributed by atoms with Gasteiger partial charge >= 0.3 is 0 Å². The van der Waals surface area contributed by atoms with Gasteiger partial charge in [0, 0.05) is 31.4 Å². The maximum Gasteiger partial charge on any atom is 0.225 e. The van der Waals surface area contributed by atoms with Crippen LogP contribution in [0.2, 0.25) is 0 Å². The summed E-state index contributed by atoms with van der Waals surface area (Å²) < 4.78 is 13.2. The van der Waals surface area contributed by atoms with E-state index in [9.17, 15) is 9.18 Å². The summed E-state index contributed by atoms with van der Waals surface area (Å²) in [7, 11) is 0. The third-order valence-electron chi connectivity index (χ3n) is 5.57. The second kappa shape index (κ2) is 9.03. The molecule has 1 saturated heterocycles. The Morgan fingerprint density at radius 3 is 2.77 bits per heavy atom. The molecule has 1 amide bonds. The van der Waals surface area contributed by atoms with Crippen molar-refractivity contribution in [3.05, 3.63) is 77.7 Å². The molecule has 5 nitrogen and oxygen atoms in total. The van der Waals surface area contributed by atoms with Gasteiger partial charge in [-0.15, -0.1) is 0 Å². The van der Waals surface area contributed by atoms with E-state index in [1.54, 1.807) is 18.3 Å². The van der Waals surface area contributed by atoms with Crippen LogP contribution >= 0.6 is 0 Å². The second-order valence-corrected chi connectivity index (χ2v) is 7.67. The fraction of sp³-hybridized carbons (Fsp3) is 0.292. The lowest BCUT2D eigenvalue weighted by Crippen LogP contribution is -2.43. The molecule has 6 heteroatoms. The number of nitrogens with zero attached hydrogens (tertiary/aromatic N) is 3. The minimum Gasteiger partial charge on any atom is -0.356 e. The quantitative estimate of drug-likeness (QED) is 0.695. The number of nitrogens with one attached hydrogen (secondary N) is 1. The summed E-state index contributed by atoms with van der Waals surface area (Å²) in [6, 6.07) is 16.1. The molecular weight excluding hydrogens is 379 g/mol. The monoisotopic (exact) mass is 404 g/mol. The first-order valence-electron chi connectivity index (χ1n) is 10.3. The van der Waals surface area contributed by atoms with E-state index in [-0.39, 0.29) is 17.6 Å². The molecule has 2 heterocycles. The Morgan fingerprint density at radius 2 is 1.97 bits per heavy atom. The van der Waals surface area contributed by atoms with Gasteiger partial charge in [-0.2, -0.15) is 0 Å². The predicted octanol–water partition coefficient (Wildman–Crippen LogP) is 4.12. The summed E-state index contributed by atoms with van der Waals surface area (Å²) in [5.41, 5.74) is 3.08. The highest BCUT2D eigenvalue weighted by molar-refractivity contribution is 5.79. The van der Waals surface area contributed by atoms with Gasteiger partial charge in [0.1, 0.15) is 11.6 Å².